The fourth-order valence-corrected chi connectivity index (χ4v) is 9.24. The first-order valence-corrected chi connectivity index (χ1v) is 21.7. The minimum Gasteiger partial charge on any atom is -0.495 e. The minimum atomic E-state index is -3.95. The average Bonchev–Trinajstić information content (AvgIpc) is 4.08. The monoisotopic (exact) mass is 863 g/mol. The lowest BCUT2D eigenvalue weighted by molar-refractivity contribution is -0.143. The molecule has 3 fully saturated rings. The van der Waals surface area contributed by atoms with Crippen molar-refractivity contribution in [2.45, 2.75) is 102 Å². The number of nitrogens with one attached hydrogen (secondary N) is 3. The van der Waals surface area contributed by atoms with Gasteiger partial charge < -0.3 is 34.2 Å². The van der Waals surface area contributed by atoms with E-state index in [0.29, 0.717) is 45.8 Å². The molecule has 0 bridgehead atoms. The number of rotatable bonds is 12. The Morgan fingerprint density at radius 2 is 1.75 bits per heavy atom. The number of hydrogen-bond acceptors (Lipinski definition) is 11. The molecule has 0 unspecified atom stereocenters. The number of pyridine rings is 1. The van der Waals surface area contributed by atoms with Crippen molar-refractivity contribution in [3.8, 4) is 22.8 Å². The third-order valence-electron chi connectivity index (χ3n) is 10.9. The topological polar surface area (TPSA) is 195 Å². The maximum absolute atomic E-state index is 14.8. The molecule has 2 aromatic heterocycles. The number of nitrogens with zero attached hydrogens (tertiary/aromatic N) is 2. The number of carbonyl (C=O) groups is 4. The van der Waals surface area contributed by atoms with E-state index in [1.807, 2.05) is 30.3 Å². The van der Waals surface area contributed by atoms with Crippen LogP contribution in [0.5, 0.6) is 11.5 Å². The number of methoxy groups -OCH3 is 1. The van der Waals surface area contributed by atoms with Crippen LogP contribution in [0.15, 0.2) is 65.6 Å². The van der Waals surface area contributed by atoms with Crippen LogP contribution in [0.2, 0.25) is 5.02 Å². The Bertz CT molecular complexity index is 2490. The largest absolute Gasteiger partial charge is 0.495 e. The highest BCUT2D eigenvalue weighted by Crippen LogP contribution is 2.46. The molecule has 1 aliphatic heterocycles. The first-order chi connectivity index (χ1) is 28.2. The number of sulfonamides is 1. The number of alkyl carbamates (subject to hydrolysis) is 1. The summed E-state index contributed by atoms with van der Waals surface area (Å²) in [4.78, 5) is 62.3. The zero-order valence-corrected chi connectivity index (χ0v) is 36.2. The minimum absolute atomic E-state index is 0.0585. The Balaban J connectivity index is 1.26. The van der Waals surface area contributed by atoms with Crippen molar-refractivity contribution < 1.29 is 46.2 Å². The molecule has 1 saturated heterocycles. The molecule has 5 atom stereocenters. The molecule has 60 heavy (non-hydrogen) atoms. The molecule has 3 heterocycles. The average molecular weight is 864 g/mol. The van der Waals surface area contributed by atoms with Crippen molar-refractivity contribution in [3.63, 3.8) is 0 Å². The van der Waals surface area contributed by atoms with Gasteiger partial charge in [-0.25, -0.2) is 18.2 Å². The van der Waals surface area contributed by atoms with Crippen LogP contribution >= 0.6 is 11.6 Å². The van der Waals surface area contributed by atoms with Gasteiger partial charge in [0.1, 0.15) is 46.2 Å². The first kappa shape index (κ1) is 42.8. The summed E-state index contributed by atoms with van der Waals surface area (Å²) < 4.78 is 51.8. The lowest BCUT2D eigenvalue weighted by Crippen LogP contribution is -2.60. The molecule has 0 radical (unpaired) electrons. The number of ether oxygens (including phenoxy) is 3. The number of aromatic nitrogens is 1. The van der Waals surface area contributed by atoms with E-state index >= 15 is 0 Å². The second-order valence-corrected chi connectivity index (χ2v) is 20.1. The lowest BCUT2D eigenvalue weighted by Gasteiger charge is -2.36. The smallest absolute Gasteiger partial charge is 0.408 e. The SMILES string of the molecule is C=C[C@@H]1C[C@]1(NC(=O)[C@@H]1C[C@@H](Oc2cc(-c3ccccc3)nc3c2oc2ccc(OC)c(Cl)c23)CN1C(=O)[C@@H](NC(=O)OC(C)(C)C)C(C)(C)C)C(=O)NS(=O)(=O)C1CC1. The normalized spacial score (nSPS) is 22.2. The molecule has 17 heteroatoms. The third-order valence-corrected chi connectivity index (χ3v) is 13.1. The Morgan fingerprint density at radius 3 is 2.35 bits per heavy atom. The van der Waals surface area contributed by atoms with E-state index in [0.717, 1.165) is 5.56 Å². The lowest BCUT2D eigenvalue weighted by atomic mass is 9.85. The molecule has 3 aliphatic rings. The van der Waals surface area contributed by atoms with Crippen molar-refractivity contribution in [2.24, 2.45) is 11.3 Å². The summed E-state index contributed by atoms with van der Waals surface area (Å²) in [5, 5.41) is 5.64. The summed E-state index contributed by atoms with van der Waals surface area (Å²) in [5.74, 6) is -2.07. The maximum Gasteiger partial charge on any atom is 0.408 e. The summed E-state index contributed by atoms with van der Waals surface area (Å²) in [6.45, 7) is 14.1. The van der Waals surface area contributed by atoms with E-state index in [-0.39, 0.29) is 30.7 Å². The van der Waals surface area contributed by atoms with Crippen LogP contribution in [0.4, 0.5) is 4.79 Å². The molecule has 4 amide bonds. The van der Waals surface area contributed by atoms with Gasteiger partial charge in [-0.15, -0.1) is 6.58 Å². The predicted octanol–water partition coefficient (Wildman–Crippen LogP) is 6.27. The van der Waals surface area contributed by atoms with Gasteiger partial charge in [0.2, 0.25) is 21.8 Å². The highest BCUT2D eigenvalue weighted by atomic mass is 35.5. The van der Waals surface area contributed by atoms with Gasteiger partial charge in [0.15, 0.2) is 11.3 Å². The Labute approximate surface area is 353 Å². The second-order valence-electron chi connectivity index (χ2n) is 17.7. The van der Waals surface area contributed by atoms with Gasteiger partial charge in [-0.1, -0.05) is 68.8 Å². The van der Waals surface area contributed by atoms with Crippen molar-refractivity contribution in [1.82, 2.24) is 25.2 Å². The molecule has 15 nitrogen and oxygen atoms in total. The molecule has 7 rings (SSSR count). The Kier molecular flexibility index (Phi) is 11.1. The van der Waals surface area contributed by atoms with Crippen molar-refractivity contribution in [2.75, 3.05) is 13.7 Å². The van der Waals surface area contributed by atoms with E-state index in [9.17, 15) is 27.6 Å². The van der Waals surface area contributed by atoms with Crippen LogP contribution in [-0.2, 0) is 29.1 Å². The summed E-state index contributed by atoms with van der Waals surface area (Å²) >= 11 is 6.82. The Morgan fingerprint density at radius 1 is 1.05 bits per heavy atom. The van der Waals surface area contributed by atoms with E-state index in [4.69, 9.17) is 35.2 Å². The van der Waals surface area contributed by atoms with Crippen LogP contribution < -0.4 is 24.8 Å². The van der Waals surface area contributed by atoms with Gasteiger partial charge in [0.25, 0.3) is 5.91 Å². The fraction of sp³-hybridized carbons (Fsp3) is 0.465. The number of carbonyl (C=O) groups excluding carboxylic acids is 4. The standard InChI is InChI=1S/C43H50ClN5O10S/c1-9-24-21-43(24,39(52)48-60(54,55)26-15-16-26)47-37(50)28-19-25(22-49(28)38(51)36(41(2,3)4)46-40(53)59-42(5,6)7)57-31-20-27(23-13-11-10-12-14-23)45-34-32-29(58-35(31)34)17-18-30(56-8)33(32)44/h9-14,17-18,20,24-26,28,36H,1,15-16,19,21-22H2,2-8H3,(H,46,53)(H,47,50)(H,48,52)/t24-,25-,28+,36-,43-/m1/s1. The fourth-order valence-electron chi connectivity index (χ4n) is 7.55. The summed E-state index contributed by atoms with van der Waals surface area (Å²) in [6.07, 6.45) is 0.746. The number of benzene rings is 2. The summed E-state index contributed by atoms with van der Waals surface area (Å²) in [6, 6.07) is 12.1. The Hall–Kier alpha value is -5.35. The number of amides is 4. The quantitative estimate of drug-likeness (QED) is 0.136. The van der Waals surface area contributed by atoms with Crippen LogP contribution in [0.25, 0.3) is 33.3 Å². The zero-order valence-electron chi connectivity index (χ0n) is 34.6. The van der Waals surface area contributed by atoms with Crippen molar-refractivity contribution in [3.05, 3.63) is 66.2 Å². The molecule has 2 aliphatic carbocycles. The van der Waals surface area contributed by atoms with E-state index in [2.05, 4.69) is 21.9 Å². The highest BCUT2D eigenvalue weighted by molar-refractivity contribution is 7.91. The van der Waals surface area contributed by atoms with Crippen molar-refractivity contribution in [1.29, 1.82) is 0 Å². The molecule has 320 valence electrons. The first-order valence-electron chi connectivity index (χ1n) is 19.8. The van der Waals surface area contributed by atoms with Gasteiger partial charge >= 0.3 is 6.09 Å². The zero-order chi connectivity index (χ0) is 43.5. The molecule has 2 saturated carbocycles. The molecular formula is C43H50ClN5O10S. The summed E-state index contributed by atoms with van der Waals surface area (Å²) in [7, 11) is -2.44. The number of hydrogen-bond donors (Lipinski definition) is 3. The van der Waals surface area contributed by atoms with Gasteiger partial charge in [-0.2, -0.15) is 0 Å². The van der Waals surface area contributed by atoms with E-state index in [1.165, 1.54) is 18.1 Å². The van der Waals surface area contributed by atoms with Crippen LogP contribution in [-0.4, -0.2) is 90.3 Å². The van der Waals surface area contributed by atoms with Gasteiger partial charge in [0, 0.05) is 24.0 Å². The highest BCUT2D eigenvalue weighted by Gasteiger charge is 2.62. The third kappa shape index (κ3) is 8.49. The summed E-state index contributed by atoms with van der Waals surface area (Å²) in [5.41, 5.74) is -0.939. The van der Waals surface area contributed by atoms with E-state index in [1.54, 1.807) is 59.7 Å². The molecular weight excluding hydrogens is 814 g/mol. The molecule has 4 aromatic rings. The van der Waals surface area contributed by atoms with Crippen LogP contribution in [0, 0.1) is 11.3 Å². The van der Waals surface area contributed by atoms with Crippen molar-refractivity contribution >= 4 is 67.5 Å². The van der Waals surface area contributed by atoms with Crippen LogP contribution in [0.3, 0.4) is 0 Å². The molecule has 0 spiro atoms. The second kappa shape index (κ2) is 15.6. The maximum atomic E-state index is 14.8. The van der Waals surface area contributed by atoms with Gasteiger partial charge in [0.05, 0.1) is 35.0 Å². The number of furan rings is 1. The van der Waals surface area contributed by atoms with E-state index < -0.39 is 79.7 Å². The number of fused-ring (bicyclic) bond motifs is 3. The van der Waals surface area contributed by atoms with Gasteiger partial charge in [-0.05, 0) is 57.6 Å². The predicted molar refractivity (Wildman–Crippen MR) is 225 cm³/mol. The van der Waals surface area contributed by atoms with Crippen LogP contribution in [0.1, 0.15) is 67.2 Å². The number of likely N-dealkylation sites (tertiary alicyclic amines) is 1. The number of halogens is 1. The van der Waals surface area contributed by atoms with Gasteiger partial charge in [-0.3, -0.25) is 19.1 Å². The molecule has 3 N–H and O–H groups in total. The molecule has 2 aromatic carbocycles.